The second-order valence-electron chi connectivity index (χ2n) is 2.21. The number of rotatable bonds is 1. The predicted molar refractivity (Wildman–Crippen MR) is 46.0 cm³/mol. The molecule has 0 aliphatic carbocycles. The summed E-state index contributed by atoms with van der Waals surface area (Å²) < 4.78 is 13.5. The number of nitrogens with zero attached hydrogens (tertiary/aromatic N) is 3. The number of hydrogen-bond acceptors (Lipinski definition) is 4. The van der Waals surface area contributed by atoms with Gasteiger partial charge in [-0.1, -0.05) is 0 Å². The summed E-state index contributed by atoms with van der Waals surface area (Å²) in [5, 5.41) is 0.669. The highest BCUT2D eigenvalue weighted by Gasteiger charge is 2.05. The van der Waals surface area contributed by atoms with Crippen molar-refractivity contribution in [2.45, 2.75) is 0 Å². The largest absolute Gasteiger partial charge is 0.383 e. The van der Waals surface area contributed by atoms with Crippen molar-refractivity contribution in [2.24, 2.45) is 0 Å². The third-order valence-corrected chi connectivity index (χ3v) is 2.00. The molecule has 2 aromatic rings. The first-order valence-corrected chi connectivity index (χ1v) is 3.87. The minimum Gasteiger partial charge on any atom is -0.383 e. The SMILES string of the molecule is Nc1ncnc2c1ccn2SF. The van der Waals surface area contributed by atoms with Crippen LogP contribution in [0.3, 0.4) is 0 Å². The van der Waals surface area contributed by atoms with Crippen LogP contribution in [0.15, 0.2) is 18.6 Å². The first kappa shape index (κ1) is 7.35. The minimum absolute atomic E-state index is 0.0845. The molecule has 0 saturated carbocycles. The van der Waals surface area contributed by atoms with Crippen molar-refractivity contribution in [3.63, 3.8) is 0 Å². The highest BCUT2D eigenvalue weighted by Crippen LogP contribution is 2.21. The summed E-state index contributed by atoms with van der Waals surface area (Å²) in [6.45, 7) is 0. The Bertz CT molecular complexity index is 413. The monoisotopic (exact) mass is 184 g/mol. The molecule has 0 amide bonds. The molecular formula is C6H5FN4S. The Morgan fingerprint density at radius 2 is 2.33 bits per heavy atom. The third-order valence-electron chi connectivity index (χ3n) is 1.55. The summed E-state index contributed by atoms with van der Waals surface area (Å²) in [7, 11) is 0. The molecule has 0 aromatic carbocycles. The lowest BCUT2D eigenvalue weighted by atomic mass is 10.4. The van der Waals surface area contributed by atoms with E-state index in [4.69, 9.17) is 5.73 Å². The quantitative estimate of drug-likeness (QED) is 0.727. The molecule has 6 heteroatoms. The van der Waals surface area contributed by atoms with Crippen LogP contribution in [0, 0.1) is 0 Å². The molecule has 12 heavy (non-hydrogen) atoms. The zero-order chi connectivity index (χ0) is 8.55. The first-order valence-electron chi connectivity index (χ1n) is 3.19. The van der Waals surface area contributed by atoms with E-state index >= 15 is 0 Å². The Labute approximate surface area is 72.0 Å². The molecule has 62 valence electrons. The Hall–Kier alpha value is -1.30. The number of fused-ring (bicyclic) bond motifs is 1. The molecule has 0 radical (unpaired) electrons. The van der Waals surface area contributed by atoms with Crippen LogP contribution >= 0.6 is 12.3 Å². The van der Waals surface area contributed by atoms with E-state index in [2.05, 4.69) is 9.97 Å². The zero-order valence-corrected chi connectivity index (χ0v) is 6.75. The highest BCUT2D eigenvalue weighted by molar-refractivity contribution is 7.92. The molecule has 0 fully saturated rings. The molecule has 0 saturated heterocycles. The number of anilines is 1. The van der Waals surface area contributed by atoms with Gasteiger partial charge in [0, 0.05) is 6.20 Å². The van der Waals surface area contributed by atoms with E-state index in [1.165, 1.54) is 10.3 Å². The Morgan fingerprint density at radius 3 is 3.08 bits per heavy atom. The molecular weight excluding hydrogens is 179 g/mol. The van der Waals surface area contributed by atoms with Crippen LogP contribution in [0.25, 0.3) is 11.0 Å². The molecule has 0 aliphatic heterocycles. The molecule has 0 unspecified atom stereocenters. The molecule has 0 bridgehead atoms. The number of aromatic nitrogens is 3. The Kier molecular flexibility index (Phi) is 1.61. The van der Waals surface area contributed by atoms with E-state index in [0.717, 1.165) is 0 Å². The van der Waals surface area contributed by atoms with Crippen molar-refractivity contribution in [3.05, 3.63) is 18.6 Å². The highest BCUT2D eigenvalue weighted by atomic mass is 32.2. The second kappa shape index (κ2) is 2.63. The minimum atomic E-state index is 0.0845. The molecule has 2 heterocycles. The topological polar surface area (TPSA) is 56.7 Å². The standard InChI is InChI=1S/C6H5FN4S/c7-12-11-2-1-4-5(8)9-3-10-6(4)11/h1-3H,(H2,8,9,10). The van der Waals surface area contributed by atoms with E-state index in [1.54, 1.807) is 12.3 Å². The van der Waals surface area contributed by atoms with E-state index in [1.807, 2.05) is 0 Å². The average Bonchev–Trinajstić information content (AvgIpc) is 2.49. The summed E-state index contributed by atoms with van der Waals surface area (Å²) in [5.74, 6) is 0.368. The van der Waals surface area contributed by atoms with Gasteiger partial charge in [-0.05, 0) is 6.07 Å². The van der Waals surface area contributed by atoms with Gasteiger partial charge in [0.25, 0.3) is 0 Å². The van der Waals surface area contributed by atoms with Gasteiger partial charge < -0.3 is 5.73 Å². The zero-order valence-electron chi connectivity index (χ0n) is 5.94. The van der Waals surface area contributed by atoms with Crippen molar-refractivity contribution < 1.29 is 3.89 Å². The molecule has 0 spiro atoms. The van der Waals surface area contributed by atoms with Gasteiger partial charge in [-0.25, -0.2) is 13.9 Å². The summed E-state index contributed by atoms with van der Waals surface area (Å²) in [5.41, 5.74) is 6.02. The van der Waals surface area contributed by atoms with Crippen molar-refractivity contribution >= 4 is 29.2 Å². The van der Waals surface area contributed by atoms with Gasteiger partial charge in [-0.3, -0.25) is 0 Å². The van der Waals surface area contributed by atoms with Crippen molar-refractivity contribution in [3.8, 4) is 0 Å². The van der Waals surface area contributed by atoms with Crippen LogP contribution in [0.2, 0.25) is 0 Å². The summed E-state index contributed by atoms with van der Waals surface area (Å²) >= 11 is 0.0845. The fourth-order valence-electron chi connectivity index (χ4n) is 1.00. The smallest absolute Gasteiger partial charge is 0.171 e. The summed E-state index contributed by atoms with van der Waals surface area (Å²) in [6.07, 6.45) is 2.87. The van der Waals surface area contributed by atoms with E-state index in [9.17, 15) is 3.89 Å². The predicted octanol–water partition coefficient (Wildman–Crippen LogP) is 1.39. The number of nitrogen functional groups attached to an aromatic ring is 1. The molecule has 2 N–H and O–H groups in total. The lowest BCUT2D eigenvalue weighted by Gasteiger charge is -1.95. The van der Waals surface area contributed by atoms with Crippen molar-refractivity contribution in [2.75, 3.05) is 5.73 Å². The van der Waals surface area contributed by atoms with E-state index in [0.29, 0.717) is 16.9 Å². The average molecular weight is 184 g/mol. The molecule has 0 aliphatic rings. The van der Waals surface area contributed by atoms with E-state index in [-0.39, 0.29) is 12.3 Å². The van der Waals surface area contributed by atoms with Crippen LogP contribution in [0.5, 0.6) is 0 Å². The number of halogens is 1. The van der Waals surface area contributed by atoms with Gasteiger partial charge in [0.2, 0.25) is 0 Å². The lowest BCUT2D eigenvalue weighted by molar-refractivity contribution is 0.919. The van der Waals surface area contributed by atoms with Gasteiger partial charge in [0.15, 0.2) is 18.0 Å². The Balaban J connectivity index is 2.80. The summed E-state index contributed by atoms with van der Waals surface area (Å²) in [4.78, 5) is 7.66. The lowest BCUT2D eigenvalue weighted by Crippen LogP contribution is -1.92. The molecule has 4 nitrogen and oxygen atoms in total. The van der Waals surface area contributed by atoms with Gasteiger partial charge >= 0.3 is 0 Å². The summed E-state index contributed by atoms with van der Waals surface area (Å²) in [6, 6.07) is 1.68. The fourth-order valence-corrected chi connectivity index (χ4v) is 1.32. The maximum Gasteiger partial charge on any atom is 0.171 e. The van der Waals surface area contributed by atoms with Crippen molar-refractivity contribution in [1.82, 2.24) is 13.9 Å². The van der Waals surface area contributed by atoms with Crippen LogP contribution in [0.1, 0.15) is 0 Å². The maximum atomic E-state index is 12.2. The molecule has 0 atom stereocenters. The van der Waals surface area contributed by atoms with E-state index < -0.39 is 0 Å². The maximum absolute atomic E-state index is 12.2. The first-order chi connectivity index (χ1) is 5.83. The molecule has 2 aromatic heterocycles. The van der Waals surface area contributed by atoms with Crippen LogP contribution in [-0.4, -0.2) is 13.9 Å². The molecule has 2 rings (SSSR count). The van der Waals surface area contributed by atoms with Gasteiger partial charge in [0.1, 0.15) is 12.1 Å². The Morgan fingerprint density at radius 1 is 1.50 bits per heavy atom. The van der Waals surface area contributed by atoms with Gasteiger partial charge in [-0.15, -0.1) is 3.89 Å². The fraction of sp³-hybridized carbons (Fsp3) is 0. The number of nitrogens with two attached hydrogens (primary N) is 1. The van der Waals surface area contributed by atoms with Gasteiger partial charge in [-0.2, -0.15) is 0 Å². The third kappa shape index (κ3) is 0.918. The van der Waals surface area contributed by atoms with Crippen LogP contribution < -0.4 is 5.73 Å². The van der Waals surface area contributed by atoms with Crippen molar-refractivity contribution in [1.29, 1.82) is 0 Å². The normalized spacial score (nSPS) is 10.8. The van der Waals surface area contributed by atoms with Crippen LogP contribution in [-0.2, 0) is 0 Å². The number of hydrogen-bond donors (Lipinski definition) is 1. The second-order valence-corrected chi connectivity index (χ2v) is 2.74. The van der Waals surface area contributed by atoms with Gasteiger partial charge in [0.05, 0.1) is 5.39 Å². The van der Waals surface area contributed by atoms with Crippen LogP contribution in [0.4, 0.5) is 9.70 Å².